The maximum absolute atomic E-state index is 12.6. The number of nitrogens with zero attached hydrogens (tertiary/aromatic N) is 4. The lowest BCUT2D eigenvalue weighted by Crippen LogP contribution is -2.54. The summed E-state index contributed by atoms with van der Waals surface area (Å²) >= 11 is 0. The van der Waals surface area contributed by atoms with Crippen LogP contribution in [0.25, 0.3) is 0 Å². The van der Waals surface area contributed by atoms with Gasteiger partial charge in [-0.05, 0) is 39.6 Å². The molecular weight excluding hydrogens is 276 g/mol. The molecule has 122 valence electrons. The SMILES string of the molecule is CCC(C(=O)N1CCN(C(C)c2ccccn2)CC1)N(C)C. The number of pyridine rings is 1. The molecule has 0 radical (unpaired) electrons. The van der Waals surface area contributed by atoms with Crippen molar-refractivity contribution in [1.29, 1.82) is 0 Å². The van der Waals surface area contributed by atoms with Gasteiger partial charge in [0.15, 0.2) is 0 Å². The predicted molar refractivity (Wildman–Crippen MR) is 88.6 cm³/mol. The number of likely N-dealkylation sites (N-methyl/N-ethyl adjacent to an activating group) is 1. The molecule has 1 aliphatic heterocycles. The second-order valence-electron chi connectivity index (χ2n) is 6.18. The average molecular weight is 304 g/mol. The third kappa shape index (κ3) is 3.84. The third-order valence-electron chi connectivity index (χ3n) is 4.58. The van der Waals surface area contributed by atoms with E-state index >= 15 is 0 Å². The molecule has 0 bridgehead atoms. The zero-order valence-corrected chi connectivity index (χ0v) is 14.2. The quantitative estimate of drug-likeness (QED) is 0.829. The topological polar surface area (TPSA) is 39.7 Å². The summed E-state index contributed by atoms with van der Waals surface area (Å²) in [4.78, 5) is 23.4. The van der Waals surface area contributed by atoms with Crippen molar-refractivity contribution in [2.75, 3.05) is 40.3 Å². The van der Waals surface area contributed by atoms with Crippen molar-refractivity contribution in [2.24, 2.45) is 0 Å². The van der Waals surface area contributed by atoms with E-state index in [1.54, 1.807) is 0 Å². The van der Waals surface area contributed by atoms with Gasteiger partial charge >= 0.3 is 0 Å². The summed E-state index contributed by atoms with van der Waals surface area (Å²) in [6, 6.07) is 6.34. The van der Waals surface area contributed by atoms with Gasteiger partial charge in [0.1, 0.15) is 0 Å². The van der Waals surface area contributed by atoms with E-state index in [1.807, 2.05) is 42.2 Å². The first-order chi connectivity index (χ1) is 10.5. The molecule has 1 amide bonds. The highest BCUT2D eigenvalue weighted by Gasteiger charge is 2.29. The average Bonchev–Trinajstić information content (AvgIpc) is 2.55. The minimum atomic E-state index is -0.000219. The summed E-state index contributed by atoms with van der Waals surface area (Å²) in [5.74, 6) is 0.262. The zero-order chi connectivity index (χ0) is 16.1. The van der Waals surface area contributed by atoms with E-state index in [1.165, 1.54) is 0 Å². The Balaban J connectivity index is 1.91. The van der Waals surface area contributed by atoms with E-state index < -0.39 is 0 Å². The summed E-state index contributed by atoms with van der Waals surface area (Å²) in [6.45, 7) is 7.69. The molecule has 22 heavy (non-hydrogen) atoms. The van der Waals surface area contributed by atoms with Crippen LogP contribution in [0.5, 0.6) is 0 Å². The first-order valence-corrected chi connectivity index (χ1v) is 8.14. The first-order valence-electron chi connectivity index (χ1n) is 8.14. The Morgan fingerprint density at radius 1 is 1.27 bits per heavy atom. The molecule has 1 fully saturated rings. The molecule has 0 aliphatic carbocycles. The number of hydrogen-bond donors (Lipinski definition) is 0. The summed E-state index contributed by atoms with van der Waals surface area (Å²) in [5, 5.41) is 0. The standard InChI is InChI=1S/C17H28N4O/c1-5-16(19(3)4)17(22)21-12-10-20(11-13-21)14(2)15-8-6-7-9-18-15/h6-9,14,16H,5,10-13H2,1-4H3. The molecule has 2 heterocycles. The molecule has 1 aliphatic rings. The Labute approximate surface area is 133 Å². The van der Waals surface area contributed by atoms with E-state index in [9.17, 15) is 4.79 Å². The highest BCUT2D eigenvalue weighted by Crippen LogP contribution is 2.20. The molecule has 2 unspecified atom stereocenters. The minimum absolute atomic E-state index is 0.000219. The van der Waals surface area contributed by atoms with E-state index in [-0.39, 0.29) is 11.9 Å². The lowest BCUT2D eigenvalue weighted by atomic mass is 10.1. The molecule has 2 rings (SSSR count). The molecule has 5 heteroatoms. The van der Waals surface area contributed by atoms with E-state index in [0.717, 1.165) is 38.3 Å². The van der Waals surface area contributed by atoms with Gasteiger partial charge in [0.05, 0.1) is 11.7 Å². The van der Waals surface area contributed by atoms with Gasteiger partial charge in [0, 0.05) is 38.4 Å². The van der Waals surface area contributed by atoms with Crippen LogP contribution >= 0.6 is 0 Å². The van der Waals surface area contributed by atoms with Gasteiger partial charge in [-0.1, -0.05) is 13.0 Å². The highest BCUT2D eigenvalue weighted by molar-refractivity contribution is 5.81. The van der Waals surface area contributed by atoms with Crippen molar-refractivity contribution in [3.8, 4) is 0 Å². The normalized spacial score (nSPS) is 19.2. The Hall–Kier alpha value is -1.46. The maximum atomic E-state index is 12.6. The minimum Gasteiger partial charge on any atom is -0.339 e. The maximum Gasteiger partial charge on any atom is 0.239 e. The molecule has 1 aromatic heterocycles. The Kier molecular flexibility index (Phi) is 5.91. The predicted octanol–water partition coefficient (Wildman–Crippen LogP) is 1.63. The van der Waals surface area contributed by atoms with E-state index in [4.69, 9.17) is 0 Å². The van der Waals surface area contributed by atoms with Crippen molar-refractivity contribution >= 4 is 5.91 Å². The van der Waals surface area contributed by atoms with Gasteiger partial charge < -0.3 is 4.90 Å². The van der Waals surface area contributed by atoms with Crippen molar-refractivity contribution < 1.29 is 4.79 Å². The van der Waals surface area contributed by atoms with Gasteiger partial charge in [-0.3, -0.25) is 19.6 Å². The highest BCUT2D eigenvalue weighted by atomic mass is 16.2. The fourth-order valence-corrected chi connectivity index (χ4v) is 3.11. The molecule has 0 N–H and O–H groups in total. The second-order valence-corrected chi connectivity index (χ2v) is 6.18. The summed E-state index contributed by atoms with van der Waals surface area (Å²) in [6.07, 6.45) is 2.70. The first kappa shape index (κ1) is 16.9. The molecule has 1 aromatic rings. The van der Waals surface area contributed by atoms with Crippen molar-refractivity contribution in [2.45, 2.75) is 32.4 Å². The van der Waals surface area contributed by atoms with Gasteiger partial charge in [-0.2, -0.15) is 0 Å². The van der Waals surface area contributed by atoms with Crippen LogP contribution in [-0.4, -0.2) is 71.9 Å². The monoisotopic (exact) mass is 304 g/mol. The Morgan fingerprint density at radius 2 is 1.95 bits per heavy atom. The second kappa shape index (κ2) is 7.70. The molecule has 0 aromatic carbocycles. The van der Waals surface area contributed by atoms with Crippen LogP contribution in [0.3, 0.4) is 0 Å². The van der Waals surface area contributed by atoms with Crippen LogP contribution in [0.4, 0.5) is 0 Å². The number of aromatic nitrogens is 1. The summed E-state index contributed by atoms with van der Waals surface area (Å²) in [5.41, 5.74) is 1.10. The number of amides is 1. The van der Waals surface area contributed by atoms with Crippen molar-refractivity contribution in [3.63, 3.8) is 0 Å². The largest absolute Gasteiger partial charge is 0.339 e. The van der Waals surface area contributed by atoms with Crippen molar-refractivity contribution in [3.05, 3.63) is 30.1 Å². The van der Waals surface area contributed by atoms with Crippen LogP contribution in [0.2, 0.25) is 0 Å². The van der Waals surface area contributed by atoms with Crippen LogP contribution < -0.4 is 0 Å². The summed E-state index contributed by atoms with van der Waals surface area (Å²) in [7, 11) is 3.96. The number of carbonyl (C=O) groups excluding carboxylic acids is 1. The van der Waals surface area contributed by atoms with Gasteiger partial charge in [-0.25, -0.2) is 0 Å². The fourth-order valence-electron chi connectivity index (χ4n) is 3.11. The Morgan fingerprint density at radius 3 is 2.45 bits per heavy atom. The van der Waals surface area contributed by atoms with Gasteiger partial charge in [0.2, 0.25) is 5.91 Å². The lowest BCUT2D eigenvalue weighted by Gasteiger charge is -2.39. The Bertz CT molecular complexity index is 469. The molecule has 2 atom stereocenters. The number of rotatable bonds is 5. The molecule has 0 saturated carbocycles. The molecular formula is C17H28N4O. The fraction of sp³-hybridized carbons (Fsp3) is 0.647. The van der Waals surface area contributed by atoms with E-state index in [0.29, 0.717) is 6.04 Å². The number of carbonyl (C=O) groups is 1. The lowest BCUT2D eigenvalue weighted by molar-refractivity contribution is -0.138. The smallest absolute Gasteiger partial charge is 0.239 e. The van der Waals surface area contributed by atoms with Crippen LogP contribution in [0.15, 0.2) is 24.4 Å². The molecule has 0 spiro atoms. The third-order valence-corrected chi connectivity index (χ3v) is 4.58. The van der Waals surface area contributed by atoms with Gasteiger partial charge in [0.25, 0.3) is 0 Å². The van der Waals surface area contributed by atoms with Crippen molar-refractivity contribution in [1.82, 2.24) is 19.7 Å². The van der Waals surface area contributed by atoms with E-state index in [2.05, 4.69) is 29.8 Å². The zero-order valence-electron chi connectivity index (χ0n) is 14.2. The molecule has 1 saturated heterocycles. The van der Waals surface area contributed by atoms with Crippen LogP contribution in [-0.2, 0) is 4.79 Å². The molecule has 5 nitrogen and oxygen atoms in total. The summed E-state index contributed by atoms with van der Waals surface area (Å²) < 4.78 is 0. The van der Waals surface area contributed by atoms with Crippen LogP contribution in [0.1, 0.15) is 32.0 Å². The van der Waals surface area contributed by atoms with Gasteiger partial charge in [-0.15, -0.1) is 0 Å². The number of hydrogen-bond acceptors (Lipinski definition) is 4. The number of piperazine rings is 1. The van der Waals surface area contributed by atoms with Crippen LogP contribution in [0, 0.1) is 0 Å².